The number of hydrogen-bond donors (Lipinski definition) is 1. The number of carbonyl (C=O) groups is 1. The van der Waals surface area contributed by atoms with E-state index in [0.717, 1.165) is 48.6 Å². The summed E-state index contributed by atoms with van der Waals surface area (Å²) in [7, 11) is 5.66. The van der Waals surface area contributed by atoms with Gasteiger partial charge in [0.15, 0.2) is 0 Å². The summed E-state index contributed by atoms with van der Waals surface area (Å²) in [4.78, 5) is 21.7. The van der Waals surface area contributed by atoms with E-state index in [0.29, 0.717) is 12.0 Å². The minimum absolute atomic E-state index is 0.0225. The molecule has 2 aliphatic heterocycles. The maximum atomic E-state index is 13.1. The van der Waals surface area contributed by atoms with Gasteiger partial charge < -0.3 is 15.0 Å². The van der Waals surface area contributed by atoms with Gasteiger partial charge in [-0.1, -0.05) is 0 Å². The summed E-state index contributed by atoms with van der Waals surface area (Å²) in [6, 6.07) is -0.0225. The lowest BCUT2D eigenvalue weighted by Crippen LogP contribution is -2.42. The van der Waals surface area contributed by atoms with Gasteiger partial charge in [-0.15, -0.1) is 0 Å². The van der Waals surface area contributed by atoms with Crippen LogP contribution in [-0.2, 0) is 11.3 Å². The Morgan fingerprint density at radius 2 is 2.12 bits per heavy atom. The summed E-state index contributed by atoms with van der Waals surface area (Å²) in [6.45, 7) is 7.67. The molecule has 1 aromatic heterocycles. The molecule has 0 bridgehead atoms. The first-order valence-electron chi connectivity index (χ1n) is 9.52. The molecule has 0 unspecified atom stereocenters. The van der Waals surface area contributed by atoms with Crippen LogP contribution in [-0.4, -0.2) is 67.6 Å². The molecule has 1 aromatic rings. The van der Waals surface area contributed by atoms with Crippen molar-refractivity contribution in [2.24, 2.45) is 5.41 Å². The average Bonchev–Trinajstić information content (AvgIpc) is 2.93. The number of amides is 1. The highest BCUT2D eigenvalue weighted by Crippen LogP contribution is 2.41. The number of rotatable bonds is 4. The molecule has 2 fully saturated rings. The van der Waals surface area contributed by atoms with Crippen molar-refractivity contribution in [2.45, 2.75) is 45.7 Å². The van der Waals surface area contributed by atoms with Gasteiger partial charge in [0.2, 0.25) is 5.91 Å². The average molecular weight is 361 g/mol. The second kappa shape index (κ2) is 7.53. The third kappa shape index (κ3) is 3.58. The number of piperidine rings is 1. The fourth-order valence-corrected chi connectivity index (χ4v) is 4.65. The van der Waals surface area contributed by atoms with Gasteiger partial charge in [0.25, 0.3) is 0 Å². The Labute approximate surface area is 156 Å². The van der Waals surface area contributed by atoms with E-state index in [1.807, 2.05) is 32.0 Å². The Balaban J connectivity index is 1.70. The van der Waals surface area contributed by atoms with Crippen LogP contribution in [0.1, 0.15) is 36.1 Å². The second-order valence-electron chi connectivity index (χ2n) is 8.13. The summed E-state index contributed by atoms with van der Waals surface area (Å²) in [5, 5.41) is 3.44. The zero-order valence-electron chi connectivity index (χ0n) is 16.8. The van der Waals surface area contributed by atoms with Crippen LogP contribution in [0.2, 0.25) is 0 Å². The zero-order valence-corrected chi connectivity index (χ0v) is 16.8. The summed E-state index contributed by atoms with van der Waals surface area (Å²) < 4.78 is 5.49. The summed E-state index contributed by atoms with van der Waals surface area (Å²) in [6.07, 6.45) is 5.13. The van der Waals surface area contributed by atoms with Crippen LogP contribution >= 0.6 is 0 Å². The third-order valence-electron chi connectivity index (χ3n) is 6.21. The van der Waals surface area contributed by atoms with Gasteiger partial charge in [-0.05, 0) is 58.7 Å². The van der Waals surface area contributed by atoms with E-state index in [1.54, 1.807) is 7.11 Å². The smallest absolute Gasteiger partial charge is 0.240 e. The molecule has 0 aromatic carbocycles. The Morgan fingerprint density at radius 1 is 1.42 bits per heavy atom. The van der Waals surface area contributed by atoms with Gasteiger partial charge in [-0.2, -0.15) is 0 Å². The molecule has 3 rings (SSSR count). The lowest BCUT2D eigenvalue weighted by atomic mass is 9.77. The van der Waals surface area contributed by atoms with Crippen molar-refractivity contribution in [3.8, 4) is 5.75 Å². The first-order valence-corrected chi connectivity index (χ1v) is 9.52. The van der Waals surface area contributed by atoms with Crippen molar-refractivity contribution in [3.05, 3.63) is 23.0 Å². The van der Waals surface area contributed by atoms with E-state index in [-0.39, 0.29) is 11.9 Å². The highest BCUT2D eigenvalue weighted by atomic mass is 16.5. The maximum Gasteiger partial charge on any atom is 0.240 e. The molecule has 1 atom stereocenters. The maximum absolute atomic E-state index is 13.1. The lowest BCUT2D eigenvalue weighted by Gasteiger charge is -2.33. The number of hydrogen-bond acceptors (Lipinski definition) is 5. The third-order valence-corrected chi connectivity index (χ3v) is 6.21. The van der Waals surface area contributed by atoms with Crippen molar-refractivity contribution in [1.29, 1.82) is 0 Å². The molecule has 1 N–H and O–H groups in total. The van der Waals surface area contributed by atoms with Crippen molar-refractivity contribution in [2.75, 3.05) is 40.8 Å². The Bertz CT molecular complexity index is 670. The largest absolute Gasteiger partial charge is 0.496 e. The van der Waals surface area contributed by atoms with E-state index in [2.05, 4.69) is 22.2 Å². The van der Waals surface area contributed by atoms with Crippen LogP contribution in [0.4, 0.5) is 0 Å². The molecule has 6 heteroatoms. The predicted molar refractivity (Wildman–Crippen MR) is 102 cm³/mol. The Hall–Kier alpha value is -1.66. The molecular weight excluding hydrogens is 328 g/mol. The molecule has 0 radical (unpaired) electrons. The van der Waals surface area contributed by atoms with Gasteiger partial charge in [0.1, 0.15) is 5.75 Å². The zero-order chi connectivity index (χ0) is 18.9. The number of nitrogens with one attached hydrogen (secondary N) is 1. The van der Waals surface area contributed by atoms with E-state index in [4.69, 9.17) is 4.74 Å². The number of carbonyl (C=O) groups excluding carboxylic acids is 1. The van der Waals surface area contributed by atoms with Gasteiger partial charge >= 0.3 is 0 Å². The monoisotopic (exact) mass is 360 g/mol. The second-order valence-corrected chi connectivity index (χ2v) is 8.13. The fourth-order valence-electron chi connectivity index (χ4n) is 4.65. The minimum atomic E-state index is -0.0225. The molecule has 6 nitrogen and oxygen atoms in total. The number of aryl methyl sites for hydroxylation is 1. The molecule has 1 spiro atoms. The standard InChI is InChI=1S/C20H32N4O2/c1-14-11-22-16(15(2)18(14)26-5)12-23(3)19(25)17-10-20(13-24(17)4)6-8-21-9-7-20/h11,17,21H,6-10,12-13H2,1-5H3/t17-/m1/s1. The molecule has 3 heterocycles. The molecule has 2 aliphatic rings. The fraction of sp³-hybridized carbons (Fsp3) is 0.700. The number of pyridine rings is 1. The van der Waals surface area contributed by atoms with Crippen LogP contribution in [0.3, 0.4) is 0 Å². The highest BCUT2D eigenvalue weighted by molar-refractivity contribution is 5.82. The number of nitrogens with zero attached hydrogens (tertiary/aromatic N) is 3. The summed E-state index contributed by atoms with van der Waals surface area (Å²) >= 11 is 0. The van der Waals surface area contributed by atoms with Crippen molar-refractivity contribution < 1.29 is 9.53 Å². The SMILES string of the molecule is COc1c(C)cnc(CN(C)C(=O)[C@H]2CC3(CCNCC3)CN2C)c1C. The first-order chi connectivity index (χ1) is 12.4. The van der Waals surface area contributed by atoms with E-state index < -0.39 is 0 Å². The van der Waals surface area contributed by atoms with Crippen LogP contribution < -0.4 is 10.1 Å². The number of methoxy groups -OCH3 is 1. The first kappa shape index (κ1) is 19.1. The molecule has 0 aliphatic carbocycles. The molecule has 144 valence electrons. The van der Waals surface area contributed by atoms with Crippen LogP contribution in [0.5, 0.6) is 5.75 Å². The number of aromatic nitrogens is 1. The number of likely N-dealkylation sites (N-methyl/N-ethyl adjacent to an activating group) is 2. The topological polar surface area (TPSA) is 57.7 Å². The van der Waals surface area contributed by atoms with Crippen molar-refractivity contribution in [3.63, 3.8) is 0 Å². The van der Waals surface area contributed by atoms with Gasteiger partial charge in [-0.3, -0.25) is 14.7 Å². The van der Waals surface area contributed by atoms with E-state index in [1.165, 1.54) is 12.8 Å². The van der Waals surface area contributed by atoms with E-state index in [9.17, 15) is 4.79 Å². The van der Waals surface area contributed by atoms with Gasteiger partial charge in [0, 0.05) is 30.9 Å². The van der Waals surface area contributed by atoms with Crippen LogP contribution in [0, 0.1) is 19.3 Å². The molecule has 1 amide bonds. The van der Waals surface area contributed by atoms with Gasteiger partial charge in [0.05, 0.1) is 25.4 Å². The predicted octanol–water partition coefficient (Wildman–Crippen LogP) is 1.74. The molecular formula is C20H32N4O2. The van der Waals surface area contributed by atoms with Crippen molar-refractivity contribution in [1.82, 2.24) is 20.1 Å². The van der Waals surface area contributed by atoms with Crippen LogP contribution in [0.15, 0.2) is 6.20 Å². The Morgan fingerprint density at radius 3 is 2.77 bits per heavy atom. The number of likely N-dealkylation sites (tertiary alicyclic amines) is 1. The normalized spacial score (nSPS) is 22.6. The lowest BCUT2D eigenvalue weighted by molar-refractivity contribution is -0.134. The van der Waals surface area contributed by atoms with Gasteiger partial charge in [-0.25, -0.2) is 0 Å². The molecule has 26 heavy (non-hydrogen) atoms. The van der Waals surface area contributed by atoms with E-state index >= 15 is 0 Å². The summed E-state index contributed by atoms with van der Waals surface area (Å²) in [5.41, 5.74) is 3.25. The summed E-state index contributed by atoms with van der Waals surface area (Å²) in [5.74, 6) is 1.06. The minimum Gasteiger partial charge on any atom is -0.496 e. The van der Waals surface area contributed by atoms with Crippen LogP contribution in [0.25, 0.3) is 0 Å². The van der Waals surface area contributed by atoms with Crippen molar-refractivity contribution >= 4 is 5.91 Å². The number of ether oxygens (including phenoxy) is 1. The Kier molecular flexibility index (Phi) is 5.53. The highest BCUT2D eigenvalue weighted by Gasteiger charge is 2.46. The quantitative estimate of drug-likeness (QED) is 0.886. The molecule has 2 saturated heterocycles. The molecule has 0 saturated carbocycles.